The Kier molecular flexibility index (Phi) is 7.17. The van der Waals surface area contributed by atoms with Gasteiger partial charge in [-0.15, -0.1) is 12.4 Å². The fraction of sp³-hybridized carbons (Fsp3) is 0.588. The maximum atomic E-state index is 12.6. The molecular weight excluding hydrogens is 319 g/mol. The lowest BCUT2D eigenvalue weighted by Crippen LogP contribution is -2.48. The smallest absolute Gasteiger partial charge is 0.223 e. The molecule has 0 spiro atoms. The van der Waals surface area contributed by atoms with E-state index in [4.69, 9.17) is 11.6 Å². The lowest BCUT2D eigenvalue weighted by atomic mass is 9.90. The van der Waals surface area contributed by atoms with Crippen molar-refractivity contribution in [2.45, 2.75) is 39.7 Å². The van der Waals surface area contributed by atoms with Gasteiger partial charge in [-0.05, 0) is 23.5 Å². The van der Waals surface area contributed by atoms with Crippen LogP contribution < -0.4 is 5.32 Å². The zero-order valence-electron chi connectivity index (χ0n) is 13.6. The van der Waals surface area contributed by atoms with Crippen molar-refractivity contribution in [2.24, 2.45) is 5.41 Å². The first-order valence-corrected chi connectivity index (χ1v) is 8.01. The van der Waals surface area contributed by atoms with Crippen molar-refractivity contribution in [2.75, 3.05) is 19.6 Å². The summed E-state index contributed by atoms with van der Waals surface area (Å²) in [7, 11) is 0. The Morgan fingerprint density at radius 3 is 2.68 bits per heavy atom. The number of carbonyl (C=O) groups excluding carboxylic acids is 1. The summed E-state index contributed by atoms with van der Waals surface area (Å²) in [5, 5.41) is 4.10. The number of hydrogen-bond acceptors (Lipinski definition) is 2. The Labute approximate surface area is 144 Å². The van der Waals surface area contributed by atoms with Crippen molar-refractivity contribution in [3.05, 3.63) is 34.9 Å². The SMILES string of the molecule is CC(C)(C)CCC(=O)N1CCNCC1c1ccccc1Cl.Cl. The van der Waals surface area contributed by atoms with E-state index < -0.39 is 0 Å². The topological polar surface area (TPSA) is 32.3 Å². The molecule has 0 saturated carbocycles. The van der Waals surface area contributed by atoms with Gasteiger partial charge in [-0.1, -0.05) is 50.6 Å². The third-order valence-electron chi connectivity index (χ3n) is 3.92. The Morgan fingerprint density at radius 2 is 2.05 bits per heavy atom. The van der Waals surface area contributed by atoms with Crippen molar-refractivity contribution in [1.29, 1.82) is 0 Å². The molecule has 124 valence electrons. The highest BCUT2D eigenvalue weighted by atomic mass is 35.5. The first-order valence-electron chi connectivity index (χ1n) is 7.63. The van der Waals surface area contributed by atoms with Crippen LogP contribution in [0, 0.1) is 5.41 Å². The molecule has 1 fully saturated rings. The highest BCUT2D eigenvalue weighted by Crippen LogP contribution is 2.30. The second kappa shape index (κ2) is 8.19. The van der Waals surface area contributed by atoms with Crippen LogP contribution >= 0.6 is 24.0 Å². The zero-order valence-corrected chi connectivity index (χ0v) is 15.1. The second-order valence-electron chi connectivity index (χ2n) is 6.89. The summed E-state index contributed by atoms with van der Waals surface area (Å²) in [4.78, 5) is 14.6. The Morgan fingerprint density at radius 1 is 1.36 bits per heavy atom. The maximum absolute atomic E-state index is 12.6. The van der Waals surface area contributed by atoms with E-state index in [1.54, 1.807) is 0 Å². The fourth-order valence-electron chi connectivity index (χ4n) is 2.65. The Bertz CT molecular complexity index is 500. The molecule has 0 aliphatic carbocycles. The molecule has 5 heteroatoms. The van der Waals surface area contributed by atoms with Gasteiger partial charge in [0.05, 0.1) is 6.04 Å². The minimum Gasteiger partial charge on any atom is -0.333 e. The third-order valence-corrected chi connectivity index (χ3v) is 4.26. The number of piperazine rings is 1. The lowest BCUT2D eigenvalue weighted by Gasteiger charge is -2.37. The highest BCUT2D eigenvalue weighted by molar-refractivity contribution is 6.31. The van der Waals surface area contributed by atoms with E-state index in [2.05, 4.69) is 26.1 Å². The molecule has 1 aromatic carbocycles. The lowest BCUT2D eigenvalue weighted by molar-refractivity contribution is -0.135. The van der Waals surface area contributed by atoms with Crippen LogP contribution in [-0.2, 0) is 4.79 Å². The van der Waals surface area contributed by atoms with E-state index in [1.165, 1.54) is 0 Å². The molecule has 1 unspecified atom stereocenters. The molecule has 3 nitrogen and oxygen atoms in total. The number of halogens is 2. The van der Waals surface area contributed by atoms with Gasteiger partial charge in [0, 0.05) is 31.1 Å². The van der Waals surface area contributed by atoms with Gasteiger partial charge >= 0.3 is 0 Å². The number of carbonyl (C=O) groups is 1. The van der Waals surface area contributed by atoms with Crippen LogP contribution in [0.2, 0.25) is 5.02 Å². The predicted octanol–water partition coefficient (Wildman–Crippen LogP) is 4.06. The average molecular weight is 345 g/mol. The van der Waals surface area contributed by atoms with Crippen LogP contribution in [-0.4, -0.2) is 30.4 Å². The second-order valence-corrected chi connectivity index (χ2v) is 7.30. The normalized spacial score (nSPS) is 18.7. The van der Waals surface area contributed by atoms with Gasteiger partial charge in [-0.3, -0.25) is 4.79 Å². The number of rotatable bonds is 3. The summed E-state index contributed by atoms with van der Waals surface area (Å²) in [5.74, 6) is 0.233. The molecule has 1 amide bonds. The van der Waals surface area contributed by atoms with Crippen molar-refractivity contribution in [3.63, 3.8) is 0 Å². The van der Waals surface area contributed by atoms with E-state index in [1.807, 2.05) is 29.2 Å². The molecule has 1 atom stereocenters. The van der Waals surface area contributed by atoms with Crippen LogP contribution in [0.25, 0.3) is 0 Å². The van der Waals surface area contributed by atoms with E-state index in [-0.39, 0.29) is 29.8 Å². The minimum absolute atomic E-state index is 0. The van der Waals surface area contributed by atoms with Crippen LogP contribution in [0.15, 0.2) is 24.3 Å². The summed E-state index contributed by atoms with van der Waals surface area (Å²) in [5.41, 5.74) is 1.22. The number of nitrogens with zero attached hydrogens (tertiary/aromatic N) is 1. The summed E-state index contributed by atoms with van der Waals surface area (Å²) >= 11 is 6.31. The number of benzene rings is 1. The molecule has 1 heterocycles. The van der Waals surface area contributed by atoms with Gasteiger partial charge in [0.25, 0.3) is 0 Å². The molecule has 1 aromatic rings. The summed E-state index contributed by atoms with van der Waals surface area (Å²) in [6.07, 6.45) is 1.51. The molecule has 1 N–H and O–H groups in total. The summed E-state index contributed by atoms with van der Waals surface area (Å²) in [6.45, 7) is 8.88. The summed E-state index contributed by atoms with van der Waals surface area (Å²) in [6, 6.07) is 7.86. The van der Waals surface area contributed by atoms with Crippen LogP contribution in [0.3, 0.4) is 0 Å². The molecule has 1 saturated heterocycles. The zero-order chi connectivity index (χ0) is 15.5. The van der Waals surface area contributed by atoms with Gasteiger partial charge in [0.2, 0.25) is 5.91 Å². The largest absolute Gasteiger partial charge is 0.333 e. The monoisotopic (exact) mass is 344 g/mol. The van der Waals surface area contributed by atoms with E-state index >= 15 is 0 Å². The van der Waals surface area contributed by atoms with Crippen LogP contribution in [0.1, 0.15) is 45.2 Å². The molecule has 2 rings (SSSR count). The van der Waals surface area contributed by atoms with Crippen molar-refractivity contribution >= 4 is 29.9 Å². The molecule has 1 aliphatic rings. The van der Waals surface area contributed by atoms with Crippen LogP contribution in [0.5, 0.6) is 0 Å². The minimum atomic E-state index is 0. The van der Waals surface area contributed by atoms with E-state index in [0.717, 1.165) is 36.6 Å². The quantitative estimate of drug-likeness (QED) is 0.896. The molecule has 0 radical (unpaired) electrons. The van der Waals surface area contributed by atoms with Gasteiger partial charge in [0.1, 0.15) is 0 Å². The number of hydrogen-bond donors (Lipinski definition) is 1. The summed E-state index contributed by atoms with van der Waals surface area (Å²) < 4.78 is 0. The molecular formula is C17H26Cl2N2O. The van der Waals surface area contributed by atoms with Crippen molar-refractivity contribution < 1.29 is 4.79 Å². The molecule has 22 heavy (non-hydrogen) atoms. The Balaban J connectivity index is 0.00000242. The van der Waals surface area contributed by atoms with Crippen molar-refractivity contribution in [3.8, 4) is 0 Å². The van der Waals surface area contributed by atoms with Crippen molar-refractivity contribution in [1.82, 2.24) is 10.2 Å². The van der Waals surface area contributed by atoms with E-state index in [9.17, 15) is 4.79 Å². The average Bonchev–Trinajstić information content (AvgIpc) is 2.44. The molecule has 1 aliphatic heterocycles. The van der Waals surface area contributed by atoms with E-state index in [0.29, 0.717) is 6.42 Å². The standard InChI is InChI=1S/C17H25ClN2O.ClH/c1-17(2,3)9-8-16(21)20-11-10-19-12-15(20)13-6-4-5-7-14(13)18;/h4-7,15,19H,8-12H2,1-3H3;1H. The third kappa shape index (κ3) is 5.15. The molecule has 0 bridgehead atoms. The van der Waals surface area contributed by atoms with Gasteiger partial charge in [-0.2, -0.15) is 0 Å². The Hall–Kier alpha value is -0.770. The highest BCUT2D eigenvalue weighted by Gasteiger charge is 2.29. The predicted molar refractivity (Wildman–Crippen MR) is 94.7 cm³/mol. The first-order chi connectivity index (χ1) is 9.88. The maximum Gasteiger partial charge on any atom is 0.223 e. The van der Waals surface area contributed by atoms with Gasteiger partial charge < -0.3 is 10.2 Å². The van der Waals surface area contributed by atoms with Crippen LogP contribution in [0.4, 0.5) is 0 Å². The fourth-order valence-corrected chi connectivity index (χ4v) is 2.91. The number of nitrogens with one attached hydrogen (secondary N) is 1. The molecule has 0 aromatic heterocycles. The van der Waals surface area contributed by atoms with Gasteiger partial charge in [0.15, 0.2) is 0 Å². The van der Waals surface area contributed by atoms with Gasteiger partial charge in [-0.25, -0.2) is 0 Å². The number of amides is 1. The first kappa shape index (κ1) is 19.3.